The Morgan fingerprint density at radius 1 is 1.46 bits per heavy atom. The van der Waals surface area contributed by atoms with Gasteiger partial charge in [-0.15, -0.1) is 5.73 Å². The number of aliphatic carboxylic acids is 1. The molecule has 0 bridgehead atoms. The highest BCUT2D eigenvalue weighted by molar-refractivity contribution is 5.86. The first-order chi connectivity index (χ1) is 6.16. The van der Waals surface area contributed by atoms with Crippen molar-refractivity contribution in [1.82, 2.24) is 0 Å². The Bertz CT molecular complexity index is 249. The minimum atomic E-state index is -0.853. The molecule has 0 aromatic rings. The molecule has 1 aliphatic carbocycles. The van der Waals surface area contributed by atoms with Gasteiger partial charge in [-0.1, -0.05) is 32.8 Å². The van der Waals surface area contributed by atoms with E-state index < -0.39 is 5.97 Å². The monoisotopic (exact) mass is 180 g/mol. The molecule has 13 heavy (non-hydrogen) atoms. The summed E-state index contributed by atoms with van der Waals surface area (Å²) in [6, 6.07) is 0. The number of carboxylic acids is 1. The van der Waals surface area contributed by atoms with Crippen molar-refractivity contribution in [2.45, 2.75) is 32.6 Å². The second-order valence-electron chi connectivity index (χ2n) is 3.76. The number of hydrogen-bond acceptors (Lipinski definition) is 1. The number of carbonyl (C=O) groups is 1. The second-order valence-corrected chi connectivity index (χ2v) is 3.76. The first kappa shape index (κ1) is 10.1. The number of hydrogen-bond donors (Lipinski definition) is 1. The normalized spacial score (nSPS) is 27.8. The molecule has 2 atom stereocenters. The molecule has 0 amide bonds. The van der Waals surface area contributed by atoms with E-state index in [4.69, 9.17) is 5.11 Å². The molecule has 1 fully saturated rings. The molecular weight excluding hydrogens is 164 g/mol. The SMILES string of the molecule is C=C=C(C(=O)O)C1CCCCC1C. The Kier molecular flexibility index (Phi) is 3.32. The van der Waals surface area contributed by atoms with Crippen LogP contribution < -0.4 is 0 Å². The highest BCUT2D eigenvalue weighted by atomic mass is 16.4. The van der Waals surface area contributed by atoms with Crippen LogP contribution in [-0.2, 0) is 4.79 Å². The Morgan fingerprint density at radius 3 is 2.54 bits per heavy atom. The van der Waals surface area contributed by atoms with Gasteiger partial charge in [0.2, 0.25) is 0 Å². The molecule has 0 aromatic carbocycles. The zero-order valence-electron chi connectivity index (χ0n) is 8.05. The molecule has 72 valence electrons. The van der Waals surface area contributed by atoms with Gasteiger partial charge in [0.25, 0.3) is 0 Å². The van der Waals surface area contributed by atoms with Crippen LogP contribution in [0, 0.1) is 11.8 Å². The molecule has 0 saturated heterocycles. The van der Waals surface area contributed by atoms with Crippen LogP contribution in [0.4, 0.5) is 0 Å². The van der Waals surface area contributed by atoms with Gasteiger partial charge in [0, 0.05) is 5.92 Å². The Labute approximate surface area is 79.0 Å². The second kappa shape index (κ2) is 4.29. The molecule has 0 radical (unpaired) electrons. The van der Waals surface area contributed by atoms with Crippen molar-refractivity contribution in [3.05, 3.63) is 17.9 Å². The van der Waals surface area contributed by atoms with Crippen molar-refractivity contribution in [3.8, 4) is 0 Å². The van der Waals surface area contributed by atoms with Gasteiger partial charge in [0.1, 0.15) is 0 Å². The van der Waals surface area contributed by atoms with Crippen LogP contribution in [0.3, 0.4) is 0 Å². The van der Waals surface area contributed by atoms with Gasteiger partial charge in [-0.05, 0) is 12.3 Å². The van der Waals surface area contributed by atoms with Crippen LogP contribution in [0.2, 0.25) is 0 Å². The smallest absolute Gasteiger partial charge is 0.339 e. The summed E-state index contributed by atoms with van der Waals surface area (Å²) in [7, 11) is 0. The van der Waals surface area contributed by atoms with Gasteiger partial charge in [-0.2, -0.15) is 0 Å². The highest BCUT2D eigenvalue weighted by Crippen LogP contribution is 2.34. The lowest BCUT2D eigenvalue weighted by Gasteiger charge is -2.28. The summed E-state index contributed by atoms with van der Waals surface area (Å²) in [5.74, 6) is -0.216. The fourth-order valence-electron chi connectivity index (χ4n) is 2.11. The summed E-state index contributed by atoms with van der Waals surface area (Å²) < 4.78 is 0. The van der Waals surface area contributed by atoms with Crippen molar-refractivity contribution in [1.29, 1.82) is 0 Å². The molecule has 0 spiro atoms. The van der Waals surface area contributed by atoms with Crippen LogP contribution >= 0.6 is 0 Å². The predicted octanol–water partition coefficient (Wildman–Crippen LogP) is 2.61. The lowest BCUT2D eigenvalue weighted by Crippen LogP contribution is -2.22. The first-order valence-corrected chi connectivity index (χ1v) is 4.80. The molecule has 1 N–H and O–H groups in total. The van der Waals surface area contributed by atoms with E-state index in [0.29, 0.717) is 11.5 Å². The third-order valence-corrected chi connectivity index (χ3v) is 2.90. The van der Waals surface area contributed by atoms with Gasteiger partial charge in [-0.3, -0.25) is 0 Å². The van der Waals surface area contributed by atoms with Gasteiger partial charge in [0.15, 0.2) is 0 Å². The van der Waals surface area contributed by atoms with E-state index in [9.17, 15) is 4.79 Å². The van der Waals surface area contributed by atoms with Crippen molar-refractivity contribution < 1.29 is 9.90 Å². The summed E-state index contributed by atoms with van der Waals surface area (Å²) in [6.45, 7) is 5.56. The molecule has 0 aromatic heterocycles. The minimum absolute atomic E-state index is 0.170. The van der Waals surface area contributed by atoms with E-state index in [1.54, 1.807) is 0 Å². The summed E-state index contributed by atoms with van der Waals surface area (Å²) in [5, 5.41) is 8.90. The summed E-state index contributed by atoms with van der Waals surface area (Å²) in [5.41, 5.74) is 2.95. The van der Waals surface area contributed by atoms with Crippen LogP contribution in [0.1, 0.15) is 32.6 Å². The summed E-state index contributed by atoms with van der Waals surface area (Å²) >= 11 is 0. The maximum atomic E-state index is 10.8. The molecule has 1 saturated carbocycles. The van der Waals surface area contributed by atoms with Crippen LogP contribution in [0.5, 0.6) is 0 Å². The van der Waals surface area contributed by atoms with E-state index in [0.717, 1.165) is 19.3 Å². The molecule has 2 unspecified atom stereocenters. The van der Waals surface area contributed by atoms with Crippen LogP contribution in [0.15, 0.2) is 17.9 Å². The minimum Gasteiger partial charge on any atom is -0.477 e. The third-order valence-electron chi connectivity index (χ3n) is 2.90. The zero-order chi connectivity index (χ0) is 9.84. The fraction of sp³-hybridized carbons (Fsp3) is 0.636. The van der Waals surface area contributed by atoms with E-state index in [-0.39, 0.29) is 5.92 Å². The van der Waals surface area contributed by atoms with Crippen molar-refractivity contribution in [3.63, 3.8) is 0 Å². The standard InChI is InChI=1S/C11H16O2/c1-3-9(11(12)13)10-7-5-4-6-8(10)2/h8,10H,1,4-7H2,2H3,(H,12,13). The maximum absolute atomic E-state index is 10.8. The van der Waals surface area contributed by atoms with Gasteiger partial charge in [-0.25, -0.2) is 4.79 Å². The maximum Gasteiger partial charge on any atom is 0.339 e. The van der Waals surface area contributed by atoms with Crippen molar-refractivity contribution in [2.75, 3.05) is 0 Å². The van der Waals surface area contributed by atoms with E-state index in [1.807, 2.05) is 0 Å². The predicted molar refractivity (Wildman–Crippen MR) is 51.4 cm³/mol. The van der Waals surface area contributed by atoms with Gasteiger partial charge >= 0.3 is 5.97 Å². The largest absolute Gasteiger partial charge is 0.477 e. The highest BCUT2D eigenvalue weighted by Gasteiger charge is 2.27. The average molecular weight is 180 g/mol. The van der Waals surface area contributed by atoms with Crippen molar-refractivity contribution >= 4 is 5.97 Å². The number of rotatable bonds is 2. The van der Waals surface area contributed by atoms with E-state index in [2.05, 4.69) is 19.2 Å². The molecule has 0 aliphatic heterocycles. The summed E-state index contributed by atoms with van der Waals surface area (Å²) in [6.07, 6.45) is 4.46. The molecule has 2 heteroatoms. The quantitative estimate of drug-likeness (QED) is 0.524. The topological polar surface area (TPSA) is 37.3 Å². The lowest BCUT2D eigenvalue weighted by molar-refractivity contribution is -0.133. The Balaban J connectivity index is 2.78. The average Bonchev–Trinajstić information content (AvgIpc) is 2.09. The molecule has 0 heterocycles. The lowest BCUT2D eigenvalue weighted by atomic mass is 9.76. The van der Waals surface area contributed by atoms with E-state index in [1.165, 1.54) is 6.42 Å². The first-order valence-electron chi connectivity index (χ1n) is 4.80. The number of carboxylic acid groups (broad SMARTS) is 1. The van der Waals surface area contributed by atoms with Crippen LogP contribution in [-0.4, -0.2) is 11.1 Å². The molecule has 1 aliphatic rings. The van der Waals surface area contributed by atoms with Gasteiger partial charge < -0.3 is 5.11 Å². The zero-order valence-corrected chi connectivity index (χ0v) is 8.05. The van der Waals surface area contributed by atoms with Crippen LogP contribution in [0.25, 0.3) is 0 Å². The summed E-state index contributed by atoms with van der Waals surface area (Å²) in [4.78, 5) is 10.8. The van der Waals surface area contributed by atoms with Gasteiger partial charge in [0.05, 0.1) is 5.57 Å². The molecular formula is C11H16O2. The van der Waals surface area contributed by atoms with E-state index >= 15 is 0 Å². The Hall–Kier alpha value is -1.01. The molecule has 1 rings (SSSR count). The molecule has 2 nitrogen and oxygen atoms in total. The third kappa shape index (κ3) is 2.22. The fourth-order valence-corrected chi connectivity index (χ4v) is 2.11. The van der Waals surface area contributed by atoms with Crippen molar-refractivity contribution in [2.24, 2.45) is 11.8 Å². The Morgan fingerprint density at radius 2 is 2.08 bits per heavy atom.